The van der Waals surface area contributed by atoms with Gasteiger partial charge in [-0.05, 0) is 40.3 Å². The van der Waals surface area contributed by atoms with Gasteiger partial charge in [-0.1, -0.05) is 92.0 Å². The second-order valence-corrected chi connectivity index (χ2v) is 5.89. The van der Waals surface area contributed by atoms with E-state index in [1.54, 1.807) is 12.1 Å². The lowest BCUT2D eigenvalue weighted by Crippen LogP contribution is -1.90. The van der Waals surface area contributed by atoms with E-state index in [-0.39, 0.29) is 5.78 Å². The van der Waals surface area contributed by atoms with Gasteiger partial charge in [-0.2, -0.15) is 0 Å². The summed E-state index contributed by atoms with van der Waals surface area (Å²) in [6.45, 7) is 7.19. The van der Waals surface area contributed by atoms with Gasteiger partial charge in [-0.25, -0.2) is 0 Å². The summed E-state index contributed by atoms with van der Waals surface area (Å²) in [7, 11) is 0. The molecule has 0 bridgehead atoms. The van der Waals surface area contributed by atoms with Crippen LogP contribution in [0, 0.1) is 0 Å². The quantitative estimate of drug-likeness (QED) is 0.336. The summed E-state index contributed by atoms with van der Waals surface area (Å²) in [4.78, 5) is 10.9. The topological polar surface area (TPSA) is 17.1 Å². The molecule has 3 aromatic carbocycles. The average Bonchev–Trinajstić information content (AvgIpc) is 3.06. The van der Waals surface area contributed by atoms with Crippen LogP contribution in [0.2, 0.25) is 0 Å². The number of hydrogen-bond acceptors (Lipinski definition) is 1. The maximum atomic E-state index is 10.9. The van der Waals surface area contributed by atoms with E-state index in [0.717, 1.165) is 6.42 Å². The standard InChI is InChI=1S/C15H12.C9H8O/c1-2-11-7-8-15-13(9-11)10-12-5-3-4-6-14(12)15;1-2-9(10)8-6-4-3-5-7-8/h2-9H,1,10H2;2-7H,1H2. The van der Waals surface area contributed by atoms with E-state index in [9.17, 15) is 4.79 Å². The average molecular weight is 324 g/mol. The summed E-state index contributed by atoms with van der Waals surface area (Å²) in [6, 6.07) is 24.3. The largest absolute Gasteiger partial charge is 0.289 e. The lowest BCUT2D eigenvalue weighted by Gasteiger charge is -2.01. The van der Waals surface area contributed by atoms with Crippen LogP contribution in [-0.2, 0) is 6.42 Å². The van der Waals surface area contributed by atoms with Crippen LogP contribution in [0.5, 0.6) is 0 Å². The van der Waals surface area contributed by atoms with E-state index in [0.29, 0.717) is 5.56 Å². The van der Waals surface area contributed by atoms with Crippen molar-refractivity contribution in [3.8, 4) is 11.1 Å². The van der Waals surface area contributed by atoms with E-state index in [1.165, 1.54) is 33.9 Å². The van der Waals surface area contributed by atoms with E-state index >= 15 is 0 Å². The monoisotopic (exact) mass is 324 g/mol. The Kier molecular flexibility index (Phi) is 5.06. The molecule has 4 rings (SSSR count). The number of ketones is 1. The first kappa shape index (κ1) is 16.7. The zero-order valence-corrected chi connectivity index (χ0v) is 14.1. The molecule has 3 aromatic rings. The normalized spacial score (nSPS) is 10.7. The van der Waals surface area contributed by atoms with Crippen molar-refractivity contribution in [3.63, 3.8) is 0 Å². The molecule has 0 saturated heterocycles. The molecule has 25 heavy (non-hydrogen) atoms. The maximum Gasteiger partial charge on any atom is 0.185 e. The Balaban J connectivity index is 0.000000160. The predicted molar refractivity (Wildman–Crippen MR) is 106 cm³/mol. The van der Waals surface area contributed by atoms with Gasteiger partial charge >= 0.3 is 0 Å². The van der Waals surface area contributed by atoms with Crippen LogP contribution in [0.3, 0.4) is 0 Å². The summed E-state index contributed by atoms with van der Waals surface area (Å²) in [5, 5.41) is 0. The van der Waals surface area contributed by atoms with Crippen molar-refractivity contribution in [3.05, 3.63) is 114 Å². The molecule has 0 aromatic heterocycles. The van der Waals surface area contributed by atoms with Gasteiger partial charge in [0.25, 0.3) is 0 Å². The highest BCUT2D eigenvalue weighted by Gasteiger charge is 2.16. The van der Waals surface area contributed by atoms with Crippen molar-refractivity contribution in [2.75, 3.05) is 0 Å². The number of carbonyl (C=O) groups is 1. The van der Waals surface area contributed by atoms with Crippen molar-refractivity contribution in [1.82, 2.24) is 0 Å². The van der Waals surface area contributed by atoms with E-state index in [4.69, 9.17) is 0 Å². The first-order chi connectivity index (χ1) is 12.2. The summed E-state index contributed by atoms with van der Waals surface area (Å²) in [6.07, 6.45) is 4.28. The van der Waals surface area contributed by atoms with Gasteiger partial charge in [0.2, 0.25) is 0 Å². The van der Waals surface area contributed by atoms with Crippen LogP contribution >= 0.6 is 0 Å². The molecule has 0 heterocycles. The molecular formula is C24H20O. The third kappa shape index (κ3) is 3.67. The fourth-order valence-electron chi connectivity index (χ4n) is 3.01. The zero-order valence-electron chi connectivity index (χ0n) is 14.1. The smallest absolute Gasteiger partial charge is 0.185 e. The number of allylic oxidation sites excluding steroid dienone is 1. The minimum Gasteiger partial charge on any atom is -0.289 e. The molecule has 1 nitrogen and oxygen atoms in total. The van der Waals surface area contributed by atoms with Crippen molar-refractivity contribution in [2.24, 2.45) is 0 Å². The number of carbonyl (C=O) groups excluding carboxylic acids is 1. The summed E-state index contributed by atoms with van der Waals surface area (Å²) in [5.74, 6) is -0.0272. The Morgan fingerprint density at radius 3 is 2.20 bits per heavy atom. The van der Waals surface area contributed by atoms with Gasteiger partial charge in [0, 0.05) is 5.56 Å². The lowest BCUT2D eigenvalue weighted by molar-refractivity contribution is 0.104. The van der Waals surface area contributed by atoms with Crippen molar-refractivity contribution in [1.29, 1.82) is 0 Å². The van der Waals surface area contributed by atoms with Crippen molar-refractivity contribution >= 4 is 11.9 Å². The molecule has 0 N–H and O–H groups in total. The highest BCUT2D eigenvalue weighted by atomic mass is 16.1. The zero-order chi connectivity index (χ0) is 17.6. The molecule has 1 aliphatic rings. The minimum atomic E-state index is -0.0272. The van der Waals surface area contributed by atoms with Crippen LogP contribution < -0.4 is 0 Å². The highest BCUT2D eigenvalue weighted by Crippen LogP contribution is 2.36. The van der Waals surface area contributed by atoms with Gasteiger partial charge in [0.15, 0.2) is 5.78 Å². The molecule has 0 amide bonds. The van der Waals surface area contributed by atoms with E-state index in [2.05, 4.69) is 55.6 Å². The molecule has 0 radical (unpaired) electrons. The number of rotatable bonds is 3. The van der Waals surface area contributed by atoms with Crippen molar-refractivity contribution < 1.29 is 4.79 Å². The Morgan fingerprint density at radius 1 is 0.800 bits per heavy atom. The number of hydrogen-bond donors (Lipinski definition) is 0. The van der Waals surface area contributed by atoms with E-state index < -0.39 is 0 Å². The Hall–Kier alpha value is -3.19. The Labute approximate surface area is 149 Å². The van der Waals surface area contributed by atoms with Crippen LogP contribution in [0.15, 0.2) is 92.0 Å². The van der Waals surface area contributed by atoms with Crippen LogP contribution in [0.25, 0.3) is 17.2 Å². The second kappa shape index (κ2) is 7.59. The molecule has 0 atom stereocenters. The van der Waals surface area contributed by atoms with Gasteiger partial charge in [-0.3, -0.25) is 4.79 Å². The molecule has 1 heteroatoms. The van der Waals surface area contributed by atoms with Crippen LogP contribution in [0.1, 0.15) is 27.0 Å². The van der Waals surface area contributed by atoms with E-state index in [1.807, 2.05) is 24.3 Å². The molecule has 1 aliphatic carbocycles. The number of benzene rings is 3. The van der Waals surface area contributed by atoms with Crippen molar-refractivity contribution in [2.45, 2.75) is 6.42 Å². The predicted octanol–water partition coefficient (Wildman–Crippen LogP) is 5.96. The third-order valence-electron chi connectivity index (χ3n) is 4.30. The van der Waals surface area contributed by atoms with Gasteiger partial charge in [-0.15, -0.1) is 0 Å². The molecular weight excluding hydrogens is 304 g/mol. The summed E-state index contributed by atoms with van der Waals surface area (Å²) >= 11 is 0. The SMILES string of the molecule is C=CC(=O)c1ccccc1.C=Cc1ccc2c(c1)Cc1ccccc1-2. The lowest BCUT2D eigenvalue weighted by atomic mass is 10.0. The van der Waals surface area contributed by atoms with Gasteiger partial charge in [0.1, 0.15) is 0 Å². The molecule has 0 spiro atoms. The van der Waals surface area contributed by atoms with Gasteiger partial charge in [0.05, 0.1) is 0 Å². The molecule has 0 saturated carbocycles. The molecule has 0 aliphatic heterocycles. The Morgan fingerprint density at radius 2 is 1.48 bits per heavy atom. The summed E-state index contributed by atoms with van der Waals surface area (Å²) < 4.78 is 0. The fourth-order valence-corrected chi connectivity index (χ4v) is 3.01. The first-order valence-corrected chi connectivity index (χ1v) is 8.28. The van der Waals surface area contributed by atoms with Crippen LogP contribution in [0.4, 0.5) is 0 Å². The third-order valence-corrected chi connectivity index (χ3v) is 4.30. The van der Waals surface area contributed by atoms with Gasteiger partial charge < -0.3 is 0 Å². The summed E-state index contributed by atoms with van der Waals surface area (Å²) in [5.41, 5.74) is 7.54. The second-order valence-electron chi connectivity index (χ2n) is 5.89. The molecule has 122 valence electrons. The maximum absolute atomic E-state index is 10.9. The Bertz CT molecular complexity index is 920. The molecule has 0 unspecified atom stereocenters. The van der Waals surface area contributed by atoms with Crippen LogP contribution in [-0.4, -0.2) is 5.78 Å². The highest BCUT2D eigenvalue weighted by molar-refractivity contribution is 6.04. The minimum absolute atomic E-state index is 0.0272. The number of fused-ring (bicyclic) bond motifs is 3. The fraction of sp³-hybridized carbons (Fsp3) is 0.0417. The molecule has 0 fully saturated rings. The first-order valence-electron chi connectivity index (χ1n) is 8.28.